The quantitative estimate of drug-likeness (QED) is 0.866. The number of sulfone groups is 1. The molecule has 1 aliphatic rings. The summed E-state index contributed by atoms with van der Waals surface area (Å²) in [4.78, 5) is 5.05. The van der Waals surface area contributed by atoms with Gasteiger partial charge in [0.1, 0.15) is 9.84 Å². The number of nitrogens with zero attached hydrogens (tertiary/aromatic N) is 1. The number of fused-ring (bicyclic) bond motifs is 1. The molecule has 1 atom stereocenters. The van der Waals surface area contributed by atoms with Crippen LogP contribution < -0.4 is 0 Å². The van der Waals surface area contributed by atoms with E-state index in [-0.39, 0.29) is 11.8 Å². The van der Waals surface area contributed by atoms with E-state index in [1.54, 1.807) is 11.3 Å². The second kappa shape index (κ2) is 5.60. The summed E-state index contributed by atoms with van der Waals surface area (Å²) in [5, 5.41) is 4.23. The molecule has 0 bridgehead atoms. The summed E-state index contributed by atoms with van der Waals surface area (Å²) < 4.78 is 22.9. The van der Waals surface area contributed by atoms with Crippen LogP contribution in [0.25, 0.3) is 0 Å². The van der Waals surface area contributed by atoms with Crippen LogP contribution in [0.4, 0.5) is 0 Å². The summed E-state index contributed by atoms with van der Waals surface area (Å²) in [5.74, 6) is 0.231. The molecular formula is C14H17NO2S3. The molecule has 0 unspecified atom stereocenters. The highest BCUT2D eigenvalue weighted by atomic mass is 32.2. The van der Waals surface area contributed by atoms with Gasteiger partial charge in [-0.25, -0.2) is 8.42 Å². The Hall–Kier alpha value is -0.690. The van der Waals surface area contributed by atoms with E-state index in [1.807, 2.05) is 11.3 Å². The highest BCUT2D eigenvalue weighted by Crippen LogP contribution is 2.39. The topological polar surface area (TPSA) is 37.4 Å². The first-order valence-electron chi connectivity index (χ1n) is 6.56. The van der Waals surface area contributed by atoms with Crippen molar-refractivity contribution in [2.75, 3.05) is 25.1 Å². The second-order valence-electron chi connectivity index (χ2n) is 5.13. The maximum absolute atomic E-state index is 11.4. The molecule has 1 aliphatic heterocycles. The summed E-state index contributed by atoms with van der Waals surface area (Å²) >= 11 is 3.56. The van der Waals surface area contributed by atoms with E-state index in [0.717, 1.165) is 13.0 Å². The molecule has 0 aromatic carbocycles. The van der Waals surface area contributed by atoms with E-state index in [1.165, 1.54) is 21.6 Å². The molecule has 0 amide bonds. The molecule has 2 aromatic heterocycles. The highest BCUT2D eigenvalue weighted by molar-refractivity contribution is 7.90. The third-order valence-corrected chi connectivity index (χ3v) is 6.47. The first-order valence-corrected chi connectivity index (χ1v) is 10.4. The maximum Gasteiger partial charge on any atom is 0.148 e. The summed E-state index contributed by atoms with van der Waals surface area (Å²) in [6.45, 7) is 1.54. The average Bonchev–Trinajstić information content (AvgIpc) is 3.05. The van der Waals surface area contributed by atoms with E-state index in [0.29, 0.717) is 6.54 Å². The van der Waals surface area contributed by atoms with Crippen molar-refractivity contribution in [2.24, 2.45) is 0 Å². The highest BCUT2D eigenvalue weighted by Gasteiger charge is 2.30. The molecule has 0 saturated heterocycles. The minimum atomic E-state index is -2.92. The summed E-state index contributed by atoms with van der Waals surface area (Å²) in [7, 11) is -2.92. The van der Waals surface area contributed by atoms with Crippen LogP contribution in [0, 0.1) is 0 Å². The molecular weight excluding hydrogens is 310 g/mol. The first kappa shape index (κ1) is 14.3. The van der Waals surface area contributed by atoms with Gasteiger partial charge in [0, 0.05) is 29.1 Å². The molecule has 0 N–H and O–H groups in total. The maximum atomic E-state index is 11.4. The second-order valence-corrected chi connectivity index (χ2v) is 9.37. The molecule has 0 radical (unpaired) electrons. The monoisotopic (exact) mass is 327 g/mol. The number of hydrogen-bond donors (Lipinski definition) is 0. The van der Waals surface area contributed by atoms with Gasteiger partial charge in [0.25, 0.3) is 0 Å². The smallest absolute Gasteiger partial charge is 0.148 e. The Balaban J connectivity index is 1.90. The predicted molar refractivity (Wildman–Crippen MR) is 85.5 cm³/mol. The summed E-state index contributed by atoms with van der Waals surface area (Å²) in [5.41, 5.74) is 1.36. The molecule has 0 spiro atoms. The van der Waals surface area contributed by atoms with Gasteiger partial charge in [0.2, 0.25) is 0 Å². The minimum absolute atomic E-state index is 0.228. The lowest BCUT2D eigenvalue weighted by Gasteiger charge is -2.35. The zero-order valence-electron chi connectivity index (χ0n) is 11.3. The number of thiophene rings is 2. The molecule has 20 heavy (non-hydrogen) atoms. The molecule has 3 rings (SSSR count). The van der Waals surface area contributed by atoms with Crippen LogP contribution in [-0.4, -0.2) is 38.4 Å². The Morgan fingerprint density at radius 3 is 2.85 bits per heavy atom. The van der Waals surface area contributed by atoms with Crippen LogP contribution in [-0.2, 0) is 16.3 Å². The summed E-state index contributed by atoms with van der Waals surface area (Å²) in [6.07, 6.45) is 2.34. The van der Waals surface area contributed by atoms with Gasteiger partial charge in [-0.05, 0) is 34.9 Å². The standard InChI is InChI=1S/C14H17NO2S3/c1-20(16,17)10-7-15-6-4-12-11(5-9-19-12)14(15)13-3-2-8-18-13/h2-3,5,8-9,14H,4,6-7,10H2,1H3/t14-/m1/s1. The van der Waals surface area contributed by atoms with Crippen molar-refractivity contribution >= 4 is 32.5 Å². The van der Waals surface area contributed by atoms with Crippen molar-refractivity contribution in [3.05, 3.63) is 44.3 Å². The zero-order valence-corrected chi connectivity index (χ0v) is 13.7. The molecule has 0 fully saturated rings. The van der Waals surface area contributed by atoms with E-state index in [9.17, 15) is 8.42 Å². The largest absolute Gasteiger partial charge is 0.290 e. The van der Waals surface area contributed by atoms with Gasteiger partial charge < -0.3 is 0 Å². The minimum Gasteiger partial charge on any atom is -0.290 e. The Bertz CT molecular complexity index is 673. The Morgan fingerprint density at radius 1 is 1.30 bits per heavy atom. The van der Waals surface area contributed by atoms with Gasteiger partial charge in [0.15, 0.2) is 0 Å². The SMILES string of the molecule is CS(=O)(=O)CCN1CCc2sccc2[C@@H]1c1cccs1. The van der Waals surface area contributed by atoms with Crippen molar-refractivity contribution in [3.63, 3.8) is 0 Å². The Kier molecular flexibility index (Phi) is 3.99. The first-order chi connectivity index (χ1) is 9.54. The van der Waals surface area contributed by atoms with Crippen LogP contribution in [0.15, 0.2) is 29.0 Å². The van der Waals surface area contributed by atoms with Crippen molar-refractivity contribution in [2.45, 2.75) is 12.5 Å². The average molecular weight is 327 g/mol. The van der Waals surface area contributed by atoms with E-state index >= 15 is 0 Å². The fourth-order valence-corrected chi connectivity index (χ4v) is 5.02. The number of rotatable bonds is 4. The van der Waals surface area contributed by atoms with E-state index in [2.05, 4.69) is 33.9 Å². The normalized spacial score (nSPS) is 19.9. The Labute approximate surface area is 127 Å². The fourth-order valence-electron chi connectivity index (χ4n) is 2.67. The van der Waals surface area contributed by atoms with Gasteiger partial charge in [-0.3, -0.25) is 4.90 Å². The fraction of sp³-hybridized carbons (Fsp3) is 0.429. The molecule has 6 heteroatoms. The molecule has 3 heterocycles. The molecule has 108 valence electrons. The van der Waals surface area contributed by atoms with Gasteiger partial charge in [-0.15, -0.1) is 22.7 Å². The molecule has 0 aliphatic carbocycles. The Morgan fingerprint density at radius 2 is 2.15 bits per heavy atom. The van der Waals surface area contributed by atoms with Gasteiger partial charge in [-0.1, -0.05) is 6.07 Å². The van der Waals surface area contributed by atoms with Crippen LogP contribution in [0.2, 0.25) is 0 Å². The van der Waals surface area contributed by atoms with Crippen LogP contribution in [0.5, 0.6) is 0 Å². The lowest BCUT2D eigenvalue weighted by molar-refractivity contribution is 0.231. The number of hydrogen-bond acceptors (Lipinski definition) is 5. The van der Waals surface area contributed by atoms with Crippen molar-refractivity contribution in [1.29, 1.82) is 0 Å². The predicted octanol–water partition coefficient (Wildman–Crippen LogP) is 2.80. The van der Waals surface area contributed by atoms with E-state index in [4.69, 9.17) is 0 Å². The van der Waals surface area contributed by atoms with Gasteiger partial charge >= 0.3 is 0 Å². The lowest BCUT2D eigenvalue weighted by atomic mass is 9.99. The molecule has 2 aromatic rings. The third kappa shape index (κ3) is 2.98. The van der Waals surface area contributed by atoms with Crippen LogP contribution in [0.3, 0.4) is 0 Å². The van der Waals surface area contributed by atoms with Gasteiger partial charge in [-0.2, -0.15) is 0 Å². The van der Waals surface area contributed by atoms with Crippen LogP contribution in [0.1, 0.15) is 21.4 Å². The lowest BCUT2D eigenvalue weighted by Crippen LogP contribution is -2.38. The summed E-state index contributed by atoms with van der Waals surface area (Å²) in [6, 6.07) is 6.63. The van der Waals surface area contributed by atoms with E-state index < -0.39 is 9.84 Å². The van der Waals surface area contributed by atoms with Crippen molar-refractivity contribution in [3.8, 4) is 0 Å². The van der Waals surface area contributed by atoms with Crippen molar-refractivity contribution in [1.82, 2.24) is 4.90 Å². The van der Waals surface area contributed by atoms with Crippen LogP contribution >= 0.6 is 22.7 Å². The molecule has 3 nitrogen and oxygen atoms in total. The molecule has 0 saturated carbocycles. The zero-order chi connectivity index (χ0) is 14.2. The van der Waals surface area contributed by atoms with Crippen molar-refractivity contribution < 1.29 is 8.42 Å². The third-order valence-electron chi connectivity index (χ3n) is 3.63. The van der Waals surface area contributed by atoms with Gasteiger partial charge in [0.05, 0.1) is 11.8 Å².